The standard InChI is InChI=1S/C19H17N7/c1-2-16-14(8-24-19(16)22-4-1)10-26-5-3-17-15(11-26)9-23-18(25-17)13-6-20-12-21-7-13/h1-2,4,6-9,12H,3,5,10-11H2,(H,22,24). The van der Waals surface area contributed by atoms with E-state index in [4.69, 9.17) is 4.98 Å². The molecule has 1 N–H and O–H groups in total. The molecule has 0 fully saturated rings. The molecule has 5 rings (SSSR count). The van der Waals surface area contributed by atoms with E-state index in [0.29, 0.717) is 5.82 Å². The molecule has 0 radical (unpaired) electrons. The first-order chi connectivity index (χ1) is 12.9. The summed E-state index contributed by atoms with van der Waals surface area (Å²) in [7, 11) is 0. The predicted octanol–water partition coefficient (Wildman–Crippen LogP) is 2.37. The first kappa shape index (κ1) is 15.1. The maximum absolute atomic E-state index is 4.73. The number of pyridine rings is 1. The minimum absolute atomic E-state index is 0.695. The second-order valence-corrected chi connectivity index (χ2v) is 6.47. The topological polar surface area (TPSA) is 83.5 Å². The molecule has 128 valence electrons. The van der Waals surface area contributed by atoms with Crippen LogP contribution in [0.4, 0.5) is 0 Å². The second kappa shape index (κ2) is 6.27. The number of hydrogen-bond donors (Lipinski definition) is 1. The molecule has 0 unspecified atom stereocenters. The van der Waals surface area contributed by atoms with Crippen molar-refractivity contribution in [1.82, 2.24) is 34.8 Å². The summed E-state index contributed by atoms with van der Waals surface area (Å²) in [4.78, 5) is 27.4. The zero-order valence-electron chi connectivity index (χ0n) is 14.1. The van der Waals surface area contributed by atoms with Gasteiger partial charge in [-0.1, -0.05) is 0 Å². The lowest BCUT2D eigenvalue weighted by Crippen LogP contribution is -2.30. The first-order valence-electron chi connectivity index (χ1n) is 8.60. The fourth-order valence-electron chi connectivity index (χ4n) is 3.45. The third-order valence-corrected chi connectivity index (χ3v) is 4.76. The van der Waals surface area contributed by atoms with Crippen LogP contribution in [-0.4, -0.2) is 41.3 Å². The van der Waals surface area contributed by atoms with Crippen molar-refractivity contribution >= 4 is 11.0 Å². The molecule has 0 saturated carbocycles. The number of H-pyrrole nitrogens is 1. The van der Waals surface area contributed by atoms with Crippen molar-refractivity contribution in [3.8, 4) is 11.4 Å². The van der Waals surface area contributed by atoms with Crippen molar-refractivity contribution in [2.75, 3.05) is 6.54 Å². The largest absolute Gasteiger partial charge is 0.346 e. The maximum atomic E-state index is 4.73. The molecule has 0 aromatic carbocycles. The Hall–Kier alpha value is -3.19. The molecule has 0 atom stereocenters. The SMILES string of the molecule is c1cnc2[nH]cc(CN3CCc4nc(-c5cncnc5)ncc4C3)c2c1. The monoisotopic (exact) mass is 343 g/mol. The van der Waals surface area contributed by atoms with Gasteiger partial charge in [-0.05, 0) is 17.7 Å². The molecular weight excluding hydrogens is 326 g/mol. The van der Waals surface area contributed by atoms with Gasteiger partial charge >= 0.3 is 0 Å². The van der Waals surface area contributed by atoms with Gasteiger partial charge in [-0.2, -0.15) is 0 Å². The summed E-state index contributed by atoms with van der Waals surface area (Å²) in [5.41, 5.74) is 5.38. The van der Waals surface area contributed by atoms with Gasteiger partial charge in [-0.15, -0.1) is 0 Å². The Kier molecular flexibility index (Phi) is 3.64. The summed E-state index contributed by atoms with van der Waals surface area (Å²) in [6, 6.07) is 4.09. The quantitative estimate of drug-likeness (QED) is 0.615. The Morgan fingerprint density at radius 2 is 2.04 bits per heavy atom. The normalized spacial score (nSPS) is 14.5. The van der Waals surface area contributed by atoms with Crippen molar-refractivity contribution in [1.29, 1.82) is 0 Å². The molecule has 0 saturated heterocycles. The molecule has 26 heavy (non-hydrogen) atoms. The lowest BCUT2D eigenvalue weighted by atomic mass is 10.1. The smallest absolute Gasteiger partial charge is 0.162 e. The van der Waals surface area contributed by atoms with Crippen LogP contribution < -0.4 is 0 Å². The van der Waals surface area contributed by atoms with Crippen molar-refractivity contribution in [2.45, 2.75) is 19.5 Å². The highest BCUT2D eigenvalue weighted by Crippen LogP contribution is 2.23. The zero-order chi connectivity index (χ0) is 17.3. The Balaban J connectivity index is 1.37. The molecule has 0 spiro atoms. The number of nitrogens with one attached hydrogen (secondary N) is 1. The summed E-state index contributed by atoms with van der Waals surface area (Å²) >= 11 is 0. The van der Waals surface area contributed by atoms with Crippen LogP contribution in [-0.2, 0) is 19.5 Å². The Morgan fingerprint density at radius 1 is 1.12 bits per heavy atom. The summed E-state index contributed by atoms with van der Waals surface area (Å²) in [6.45, 7) is 2.72. The van der Waals surface area contributed by atoms with Gasteiger partial charge in [0.05, 0.1) is 11.3 Å². The fourth-order valence-corrected chi connectivity index (χ4v) is 3.45. The van der Waals surface area contributed by atoms with Crippen molar-refractivity contribution in [3.05, 3.63) is 66.3 Å². The number of rotatable bonds is 3. The third-order valence-electron chi connectivity index (χ3n) is 4.76. The molecule has 1 aliphatic rings. The molecular formula is C19H17N7. The molecule has 7 nitrogen and oxygen atoms in total. The highest BCUT2D eigenvalue weighted by atomic mass is 15.1. The van der Waals surface area contributed by atoms with E-state index < -0.39 is 0 Å². The fraction of sp³-hybridized carbons (Fsp3) is 0.211. The van der Waals surface area contributed by atoms with Crippen LogP contribution in [0.25, 0.3) is 22.4 Å². The average molecular weight is 343 g/mol. The van der Waals surface area contributed by atoms with Crippen LogP contribution in [0.1, 0.15) is 16.8 Å². The van der Waals surface area contributed by atoms with E-state index in [-0.39, 0.29) is 0 Å². The highest BCUT2D eigenvalue weighted by Gasteiger charge is 2.20. The Morgan fingerprint density at radius 3 is 2.96 bits per heavy atom. The molecule has 5 heterocycles. The van der Waals surface area contributed by atoms with E-state index in [1.54, 1.807) is 12.4 Å². The van der Waals surface area contributed by atoms with Gasteiger partial charge in [0, 0.05) is 68.0 Å². The van der Waals surface area contributed by atoms with E-state index in [1.807, 2.05) is 18.5 Å². The van der Waals surface area contributed by atoms with E-state index >= 15 is 0 Å². The minimum atomic E-state index is 0.695. The van der Waals surface area contributed by atoms with Gasteiger partial charge in [0.1, 0.15) is 12.0 Å². The first-order valence-corrected chi connectivity index (χ1v) is 8.60. The maximum Gasteiger partial charge on any atom is 0.162 e. The van der Waals surface area contributed by atoms with E-state index in [9.17, 15) is 0 Å². The summed E-state index contributed by atoms with van der Waals surface area (Å²) in [5, 5.41) is 1.19. The van der Waals surface area contributed by atoms with Crippen molar-refractivity contribution < 1.29 is 0 Å². The van der Waals surface area contributed by atoms with Crippen LogP contribution in [0.3, 0.4) is 0 Å². The summed E-state index contributed by atoms with van der Waals surface area (Å²) in [6.07, 6.45) is 11.7. The summed E-state index contributed by atoms with van der Waals surface area (Å²) in [5.74, 6) is 0.695. The number of hydrogen-bond acceptors (Lipinski definition) is 6. The van der Waals surface area contributed by atoms with Gasteiger partial charge in [-0.3, -0.25) is 4.90 Å². The third kappa shape index (κ3) is 2.72. The van der Waals surface area contributed by atoms with Crippen molar-refractivity contribution in [3.63, 3.8) is 0 Å². The second-order valence-electron chi connectivity index (χ2n) is 6.47. The number of fused-ring (bicyclic) bond motifs is 2. The molecule has 0 aliphatic carbocycles. The number of nitrogens with zero attached hydrogens (tertiary/aromatic N) is 6. The van der Waals surface area contributed by atoms with Crippen molar-refractivity contribution in [2.24, 2.45) is 0 Å². The Bertz CT molecular complexity index is 1060. The lowest BCUT2D eigenvalue weighted by Gasteiger charge is -2.27. The van der Waals surface area contributed by atoms with Crippen LogP contribution in [0.2, 0.25) is 0 Å². The zero-order valence-corrected chi connectivity index (χ0v) is 14.1. The highest BCUT2D eigenvalue weighted by molar-refractivity contribution is 5.79. The number of aromatic nitrogens is 6. The molecule has 0 bridgehead atoms. The van der Waals surface area contributed by atoms with E-state index in [0.717, 1.165) is 43.0 Å². The van der Waals surface area contributed by atoms with Crippen LogP contribution in [0.5, 0.6) is 0 Å². The van der Waals surface area contributed by atoms with Crippen LogP contribution >= 0.6 is 0 Å². The predicted molar refractivity (Wildman–Crippen MR) is 97.0 cm³/mol. The van der Waals surface area contributed by atoms with Gasteiger partial charge in [-0.25, -0.2) is 24.9 Å². The summed E-state index contributed by atoms with van der Waals surface area (Å²) < 4.78 is 0. The molecule has 1 aliphatic heterocycles. The van der Waals surface area contributed by atoms with Gasteiger partial charge in [0.25, 0.3) is 0 Å². The average Bonchev–Trinajstić information content (AvgIpc) is 3.11. The number of aromatic amines is 1. The molecule has 4 aromatic heterocycles. The van der Waals surface area contributed by atoms with Gasteiger partial charge in [0.15, 0.2) is 5.82 Å². The Labute approximate surface area is 150 Å². The van der Waals surface area contributed by atoms with E-state index in [1.165, 1.54) is 22.8 Å². The molecule has 0 amide bonds. The van der Waals surface area contributed by atoms with Gasteiger partial charge in [0.2, 0.25) is 0 Å². The van der Waals surface area contributed by atoms with Crippen LogP contribution in [0, 0.1) is 0 Å². The molecule has 7 heteroatoms. The lowest BCUT2D eigenvalue weighted by molar-refractivity contribution is 0.244. The molecule has 4 aromatic rings. The minimum Gasteiger partial charge on any atom is -0.346 e. The van der Waals surface area contributed by atoms with E-state index in [2.05, 4.69) is 42.1 Å². The van der Waals surface area contributed by atoms with Gasteiger partial charge < -0.3 is 4.98 Å². The van der Waals surface area contributed by atoms with Crippen LogP contribution in [0.15, 0.2) is 49.4 Å².